The molecule has 0 saturated carbocycles. The highest BCUT2D eigenvalue weighted by atomic mass is 32.2. The average molecular weight is 391 g/mol. The Morgan fingerprint density at radius 2 is 1.78 bits per heavy atom. The minimum Gasteiger partial charge on any atom is -0.350 e. The van der Waals surface area contributed by atoms with Crippen LogP contribution in [0.25, 0.3) is 0 Å². The van der Waals surface area contributed by atoms with Gasteiger partial charge in [0.2, 0.25) is 5.91 Å². The van der Waals surface area contributed by atoms with E-state index >= 15 is 0 Å². The third-order valence-corrected chi connectivity index (χ3v) is 6.22. The van der Waals surface area contributed by atoms with Crippen molar-refractivity contribution in [1.82, 2.24) is 25.4 Å². The van der Waals surface area contributed by atoms with Crippen molar-refractivity contribution in [3.63, 3.8) is 0 Å². The van der Waals surface area contributed by atoms with E-state index in [4.69, 9.17) is 0 Å². The summed E-state index contributed by atoms with van der Waals surface area (Å²) in [4.78, 5) is 28.4. The van der Waals surface area contributed by atoms with E-state index in [2.05, 4.69) is 20.7 Å². The molecule has 1 saturated heterocycles. The van der Waals surface area contributed by atoms with Gasteiger partial charge < -0.3 is 10.6 Å². The van der Waals surface area contributed by atoms with E-state index in [1.165, 1.54) is 12.4 Å². The molecule has 3 rings (SSSR count). The maximum Gasteiger partial charge on any atom is 0.251 e. The molecule has 10 heteroatoms. The molecule has 0 aliphatic carbocycles. The lowest BCUT2D eigenvalue weighted by Gasteiger charge is -2.21. The highest BCUT2D eigenvalue weighted by molar-refractivity contribution is 7.91. The molecule has 9 nitrogen and oxygen atoms in total. The van der Waals surface area contributed by atoms with Crippen molar-refractivity contribution in [1.29, 1.82) is 0 Å². The number of pyridine rings is 1. The summed E-state index contributed by atoms with van der Waals surface area (Å²) in [7, 11) is -1.55. The van der Waals surface area contributed by atoms with Crippen LogP contribution in [0.5, 0.6) is 0 Å². The van der Waals surface area contributed by atoms with Gasteiger partial charge in [0.25, 0.3) is 5.91 Å². The van der Waals surface area contributed by atoms with Crippen molar-refractivity contribution >= 4 is 21.7 Å². The monoisotopic (exact) mass is 391 g/mol. The van der Waals surface area contributed by atoms with Crippen molar-refractivity contribution in [3.8, 4) is 0 Å². The fourth-order valence-corrected chi connectivity index (χ4v) is 4.92. The maximum atomic E-state index is 12.3. The first-order valence-corrected chi connectivity index (χ1v) is 10.3. The topological polar surface area (TPSA) is 123 Å². The van der Waals surface area contributed by atoms with Crippen molar-refractivity contribution in [3.05, 3.63) is 48.0 Å². The summed E-state index contributed by atoms with van der Waals surface area (Å²) >= 11 is 0. The molecule has 2 aromatic rings. The number of aromatic nitrogens is 3. The van der Waals surface area contributed by atoms with E-state index in [1.54, 1.807) is 30.1 Å². The molecule has 0 radical (unpaired) electrons. The Morgan fingerprint density at radius 1 is 1.11 bits per heavy atom. The Bertz CT molecular complexity index is 926. The average Bonchev–Trinajstić information content (AvgIpc) is 3.16. The number of aryl methyl sites for hydroxylation is 2. The molecule has 3 heterocycles. The largest absolute Gasteiger partial charge is 0.350 e. The van der Waals surface area contributed by atoms with Gasteiger partial charge in [-0.2, -0.15) is 5.10 Å². The lowest BCUT2D eigenvalue weighted by molar-refractivity contribution is -0.121. The predicted molar refractivity (Wildman–Crippen MR) is 97.6 cm³/mol. The van der Waals surface area contributed by atoms with E-state index in [1.807, 2.05) is 6.07 Å². The standard InChI is InChI=1S/C17H21N5O4S/c1-22-13(6-9-19-22)2-3-16(23)20-14-10-27(25,26)11-15(14)21-17(24)12-4-7-18-8-5-12/h4-9,14-15H,2-3,10-11H2,1H3,(H,20,23)(H,21,24)/t14-,15-/m1/s1. The first-order valence-electron chi connectivity index (χ1n) is 8.51. The fraction of sp³-hybridized carbons (Fsp3) is 0.412. The Labute approximate surface area is 157 Å². The third-order valence-electron chi connectivity index (χ3n) is 4.49. The van der Waals surface area contributed by atoms with Crippen LogP contribution < -0.4 is 10.6 Å². The van der Waals surface area contributed by atoms with Crippen LogP contribution in [0.4, 0.5) is 0 Å². The third kappa shape index (κ3) is 4.91. The summed E-state index contributed by atoms with van der Waals surface area (Å²) < 4.78 is 25.7. The van der Waals surface area contributed by atoms with Crippen LogP contribution in [0.1, 0.15) is 22.5 Å². The van der Waals surface area contributed by atoms with Crippen LogP contribution >= 0.6 is 0 Å². The molecule has 144 valence electrons. The molecule has 27 heavy (non-hydrogen) atoms. The number of hydrogen-bond donors (Lipinski definition) is 2. The van der Waals surface area contributed by atoms with Crippen LogP contribution in [0.3, 0.4) is 0 Å². The van der Waals surface area contributed by atoms with Crippen LogP contribution in [0.15, 0.2) is 36.8 Å². The van der Waals surface area contributed by atoms with E-state index in [0.717, 1.165) is 5.69 Å². The Kier molecular flexibility index (Phi) is 5.54. The Hall–Kier alpha value is -2.75. The first kappa shape index (κ1) is 19.0. The molecule has 0 spiro atoms. The molecule has 2 N–H and O–H groups in total. The minimum absolute atomic E-state index is 0.189. The van der Waals surface area contributed by atoms with Gasteiger partial charge in [-0.3, -0.25) is 19.3 Å². The lowest BCUT2D eigenvalue weighted by Crippen LogP contribution is -2.51. The number of carbonyl (C=O) groups is 2. The lowest BCUT2D eigenvalue weighted by atomic mass is 10.1. The second kappa shape index (κ2) is 7.87. The second-order valence-corrected chi connectivity index (χ2v) is 8.67. The Balaban J connectivity index is 1.61. The fourth-order valence-electron chi connectivity index (χ4n) is 3.05. The number of sulfone groups is 1. The number of nitrogens with zero attached hydrogens (tertiary/aromatic N) is 3. The number of rotatable bonds is 6. The molecule has 0 aromatic carbocycles. The predicted octanol–water partition coefficient (Wildman–Crippen LogP) is -0.540. The first-order chi connectivity index (χ1) is 12.8. The molecule has 1 fully saturated rings. The molecule has 2 amide bonds. The summed E-state index contributed by atoms with van der Waals surface area (Å²) in [5.41, 5.74) is 1.29. The summed E-state index contributed by atoms with van der Waals surface area (Å²) in [5, 5.41) is 9.50. The molecule has 0 bridgehead atoms. The zero-order chi connectivity index (χ0) is 19.4. The zero-order valence-electron chi connectivity index (χ0n) is 14.8. The Morgan fingerprint density at radius 3 is 2.41 bits per heavy atom. The van der Waals surface area contributed by atoms with Crippen LogP contribution in [0.2, 0.25) is 0 Å². The zero-order valence-corrected chi connectivity index (χ0v) is 15.6. The van der Waals surface area contributed by atoms with Crippen molar-refractivity contribution in [2.45, 2.75) is 24.9 Å². The molecular weight excluding hydrogens is 370 g/mol. The van der Waals surface area contributed by atoms with Gasteiger partial charge in [0, 0.05) is 43.3 Å². The van der Waals surface area contributed by atoms with E-state index in [9.17, 15) is 18.0 Å². The number of hydrogen-bond acceptors (Lipinski definition) is 6. The van der Waals surface area contributed by atoms with Crippen LogP contribution in [-0.2, 0) is 28.1 Å². The smallest absolute Gasteiger partial charge is 0.251 e. The summed E-state index contributed by atoms with van der Waals surface area (Å²) in [5.74, 6) is -1.04. The van der Waals surface area contributed by atoms with Gasteiger partial charge >= 0.3 is 0 Å². The van der Waals surface area contributed by atoms with Gasteiger partial charge in [-0.05, 0) is 24.6 Å². The second-order valence-electron chi connectivity index (χ2n) is 6.51. The normalized spacial score (nSPS) is 20.9. The molecule has 0 unspecified atom stereocenters. The van der Waals surface area contributed by atoms with Gasteiger partial charge in [-0.1, -0.05) is 0 Å². The summed E-state index contributed by atoms with van der Waals surface area (Å²) in [6, 6.07) is 3.59. The molecule has 2 aromatic heterocycles. The van der Waals surface area contributed by atoms with Crippen molar-refractivity contribution < 1.29 is 18.0 Å². The maximum absolute atomic E-state index is 12.3. The van der Waals surface area contributed by atoms with Crippen molar-refractivity contribution in [2.24, 2.45) is 7.05 Å². The molecule has 1 aliphatic rings. The van der Waals surface area contributed by atoms with E-state index < -0.39 is 27.8 Å². The highest BCUT2D eigenvalue weighted by Crippen LogP contribution is 2.14. The van der Waals surface area contributed by atoms with Crippen molar-refractivity contribution in [2.75, 3.05) is 11.5 Å². The van der Waals surface area contributed by atoms with Gasteiger partial charge in [0.05, 0.1) is 23.6 Å². The van der Waals surface area contributed by atoms with Gasteiger partial charge in [-0.15, -0.1) is 0 Å². The number of nitrogens with one attached hydrogen (secondary N) is 2. The number of amides is 2. The summed E-state index contributed by atoms with van der Waals surface area (Å²) in [6.45, 7) is 0. The molecular formula is C17H21N5O4S. The van der Waals surface area contributed by atoms with Gasteiger partial charge in [0.1, 0.15) is 0 Å². The van der Waals surface area contributed by atoms with Gasteiger partial charge in [-0.25, -0.2) is 8.42 Å². The molecule has 2 atom stereocenters. The minimum atomic E-state index is -3.34. The van der Waals surface area contributed by atoms with E-state index in [0.29, 0.717) is 12.0 Å². The summed E-state index contributed by atoms with van der Waals surface area (Å²) in [6.07, 6.45) is 5.33. The van der Waals surface area contributed by atoms with E-state index in [-0.39, 0.29) is 23.8 Å². The van der Waals surface area contributed by atoms with Crippen LogP contribution in [0, 0.1) is 0 Å². The van der Waals surface area contributed by atoms with Crippen LogP contribution in [-0.4, -0.2) is 58.6 Å². The number of carbonyl (C=O) groups excluding carboxylic acids is 2. The van der Waals surface area contributed by atoms with Gasteiger partial charge in [0.15, 0.2) is 9.84 Å². The highest BCUT2D eigenvalue weighted by Gasteiger charge is 2.39. The quantitative estimate of drug-likeness (QED) is 0.682. The molecule has 1 aliphatic heterocycles. The SMILES string of the molecule is Cn1nccc1CCC(=O)N[C@@H]1CS(=O)(=O)C[C@H]1NC(=O)c1ccncc1.